The van der Waals surface area contributed by atoms with Crippen LogP contribution in [-0.4, -0.2) is 21.5 Å². The Labute approximate surface area is 105 Å². The van der Waals surface area contributed by atoms with Crippen LogP contribution in [-0.2, 0) is 18.6 Å². The minimum Gasteiger partial charge on any atom is -0.469 e. The molecule has 1 unspecified atom stereocenters. The third kappa shape index (κ3) is 4.02. The summed E-state index contributed by atoms with van der Waals surface area (Å²) in [7, 11) is 2.83. The van der Waals surface area contributed by atoms with E-state index in [4.69, 9.17) is 10.7 Å². The molecule has 0 heterocycles. The summed E-state index contributed by atoms with van der Waals surface area (Å²) in [4.78, 5) is 11.1. The van der Waals surface area contributed by atoms with Crippen LogP contribution in [0, 0.1) is 0 Å². The quantitative estimate of drug-likeness (QED) is 0.625. The first-order valence-electron chi connectivity index (χ1n) is 4.96. The molecule has 6 heteroatoms. The highest BCUT2D eigenvalue weighted by Crippen LogP contribution is 2.22. The average molecular weight is 277 g/mol. The number of rotatable bonds is 4. The lowest BCUT2D eigenvalue weighted by Crippen LogP contribution is -2.06. The first kappa shape index (κ1) is 14.0. The molecule has 1 aromatic rings. The molecule has 17 heavy (non-hydrogen) atoms. The summed E-state index contributed by atoms with van der Waals surface area (Å²) >= 11 is 0. The highest BCUT2D eigenvalue weighted by molar-refractivity contribution is 8.13. The molecule has 0 aliphatic heterocycles. The lowest BCUT2D eigenvalue weighted by Gasteiger charge is -2.10. The molecular weight excluding hydrogens is 264 g/mol. The van der Waals surface area contributed by atoms with E-state index in [2.05, 4.69) is 4.74 Å². The molecular formula is C11H13ClO4S. The third-order valence-electron chi connectivity index (χ3n) is 2.43. The van der Waals surface area contributed by atoms with E-state index >= 15 is 0 Å². The van der Waals surface area contributed by atoms with Gasteiger partial charge in [-0.05, 0) is 23.6 Å². The maximum absolute atomic E-state index is 11.1. The number of halogens is 1. The second kappa shape index (κ2) is 5.51. The number of methoxy groups -OCH3 is 1. The van der Waals surface area contributed by atoms with Gasteiger partial charge in [-0.15, -0.1) is 0 Å². The van der Waals surface area contributed by atoms with Gasteiger partial charge in [0.05, 0.1) is 18.4 Å². The summed E-state index contributed by atoms with van der Waals surface area (Å²) in [6.45, 7) is 1.86. The number of carbonyl (C=O) groups is 1. The van der Waals surface area contributed by atoms with Crippen molar-refractivity contribution >= 4 is 25.7 Å². The molecule has 0 bridgehead atoms. The van der Waals surface area contributed by atoms with E-state index in [1.165, 1.54) is 19.2 Å². The van der Waals surface area contributed by atoms with Gasteiger partial charge in [0.15, 0.2) is 0 Å². The molecule has 1 aromatic carbocycles. The monoisotopic (exact) mass is 276 g/mol. The van der Waals surface area contributed by atoms with Gasteiger partial charge in [0.2, 0.25) is 0 Å². The SMILES string of the molecule is COC(=O)CC(C)c1ccc(S(=O)(=O)Cl)cc1. The van der Waals surface area contributed by atoms with Crippen molar-refractivity contribution in [2.24, 2.45) is 0 Å². The first-order chi connectivity index (χ1) is 7.84. The van der Waals surface area contributed by atoms with E-state index in [0.29, 0.717) is 0 Å². The lowest BCUT2D eigenvalue weighted by atomic mass is 9.98. The van der Waals surface area contributed by atoms with E-state index in [1.54, 1.807) is 12.1 Å². The first-order valence-corrected chi connectivity index (χ1v) is 7.27. The highest BCUT2D eigenvalue weighted by Gasteiger charge is 2.13. The van der Waals surface area contributed by atoms with Crippen LogP contribution in [0.3, 0.4) is 0 Å². The van der Waals surface area contributed by atoms with Crippen LogP contribution in [0.5, 0.6) is 0 Å². The van der Waals surface area contributed by atoms with Crippen molar-refractivity contribution in [3.05, 3.63) is 29.8 Å². The molecule has 0 fully saturated rings. The average Bonchev–Trinajstić information content (AvgIpc) is 2.27. The molecule has 0 radical (unpaired) electrons. The topological polar surface area (TPSA) is 60.4 Å². The molecule has 0 amide bonds. The molecule has 0 aliphatic rings. The number of benzene rings is 1. The standard InChI is InChI=1S/C11H13ClO4S/c1-8(7-11(13)16-2)9-3-5-10(6-4-9)17(12,14)15/h3-6,8H,7H2,1-2H3. The fourth-order valence-electron chi connectivity index (χ4n) is 1.41. The van der Waals surface area contributed by atoms with Crippen LogP contribution in [0.15, 0.2) is 29.2 Å². The number of hydrogen-bond donors (Lipinski definition) is 0. The maximum Gasteiger partial charge on any atom is 0.306 e. The largest absolute Gasteiger partial charge is 0.469 e. The van der Waals surface area contributed by atoms with Gasteiger partial charge in [-0.2, -0.15) is 0 Å². The fraction of sp³-hybridized carbons (Fsp3) is 0.364. The number of ether oxygens (including phenoxy) is 1. The molecule has 0 aromatic heterocycles. The number of carbonyl (C=O) groups excluding carboxylic acids is 1. The molecule has 0 spiro atoms. The van der Waals surface area contributed by atoms with Gasteiger partial charge in [-0.3, -0.25) is 4.79 Å². The van der Waals surface area contributed by atoms with E-state index < -0.39 is 9.05 Å². The maximum atomic E-state index is 11.1. The Morgan fingerprint density at radius 1 is 1.35 bits per heavy atom. The van der Waals surface area contributed by atoms with Gasteiger partial charge in [0.25, 0.3) is 9.05 Å². The van der Waals surface area contributed by atoms with E-state index in [0.717, 1.165) is 5.56 Å². The highest BCUT2D eigenvalue weighted by atomic mass is 35.7. The van der Waals surface area contributed by atoms with Gasteiger partial charge < -0.3 is 4.74 Å². The van der Waals surface area contributed by atoms with Crippen LogP contribution in [0.4, 0.5) is 0 Å². The summed E-state index contributed by atoms with van der Waals surface area (Å²) in [6, 6.07) is 6.13. The molecule has 1 atom stereocenters. The van der Waals surface area contributed by atoms with Crippen molar-refractivity contribution in [2.75, 3.05) is 7.11 Å². The van der Waals surface area contributed by atoms with Gasteiger partial charge in [-0.25, -0.2) is 8.42 Å². The zero-order valence-electron chi connectivity index (χ0n) is 9.51. The van der Waals surface area contributed by atoms with Crippen molar-refractivity contribution in [1.29, 1.82) is 0 Å². The van der Waals surface area contributed by atoms with Crippen LogP contribution in [0.25, 0.3) is 0 Å². The summed E-state index contributed by atoms with van der Waals surface area (Å²) in [5, 5.41) is 0. The Morgan fingerprint density at radius 2 is 1.88 bits per heavy atom. The lowest BCUT2D eigenvalue weighted by molar-refractivity contribution is -0.140. The molecule has 0 saturated carbocycles. The minimum atomic E-state index is -3.69. The van der Waals surface area contributed by atoms with Crippen LogP contribution in [0.2, 0.25) is 0 Å². The van der Waals surface area contributed by atoms with Gasteiger partial charge in [0, 0.05) is 10.7 Å². The third-order valence-corrected chi connectivity index (χ3v) is 3.80. The Balaban J connectivity index is 2.84. The summed E-state index contributed by atoms with van der Waals surface area (Å²) in [6.07, 6.45) is 0.253. The normalized spacial score (nSPS) is 13.1. The Bertz CT molecular complexity index is 493. The Kier molecular flexibility index (Phi) is 4.54. The molecule has 4 nitrogen and oxygen atoms in total. The van der Waals surface area contributed by atoms with Gasteiger partial charge in [-0.1, -0.05) is 19.1 Å². The molecule has 1 rings (SSSR count). The zero-order chi connectivity index (χ0) is 13.1. The summed E-state index contributed by atoms with van der Waals surface area (Å²) < 4.78 is 26.6. The summed E-state index contributed by atoms with van der Waals surface area (Å²) in [5.74, 6) is -0.332. The van der Waals surface area contributed by atoms with E-state index in [-0.39, 0.29) is 23.2 Å². The molecule has 0 saturated heterocycles. The second-order valence-electron chi connectivity index (χ2n) is 3.69. The van der Waals surface area contributed by atoms with Crippen molar-refractivity contribution in [3.8, 4) is 0 Å². The number of hydrogen-bond acceptors (Lipinski definition) is 4. The number of esters is 1. The molecule has 94 valence electrons. The van der Waals surface area contributed by atoms with Crippen molar-refractivity contribution in [3.63, 3.8) is 0 Å². The van der Waals surface area contributed by atoms with Crippen LogP contribution in [0.1, 0.15) is 24.8 Å². The fourth-order valence-corrected chi connectivity index (χ4v) is 2.18. The minimum absolute atomic E-state index is 0.0328. The van der Waals surface area contributed by atoms with Crippen LogP contribution < -0.4 is 0 Å². The Morgan fingerprint density at radius 3 is 2.29 bits per heavy atom. The predicted octanol–water partition coefficient (Wildman–Crippen LogP) is 2.28. The smallest absolute Gasteiger partial charge is 0.306 e. The summed E-state index contributed by atoms with van der Waals surface area (Å²) in [5.41, 5.74) is 0.861. The van der Waals surface area contributed by atoms with Crippen LogP contribution >= 0.6 is 10.7 Å². The van der Waals surface area contributed by atoms with Gasteiger partial charge in [0.1, 0.15) is 0 Å². The van der Waals surface area contributed by atoms with Crippen molar-refractivity contribution in [1.82, 2.24) is 0 Å². The Hall–Kier alpha value is -1.07. The predicted molar refractivity (Wildman–Crippen MR) is 64.5 cm³/mol. The second-order valence-corrected chi connectivity index (χ2v) is 6.25. The van der Waals surface area contributed by atoms with E-state index in [9.17, 15) is 13.2 Å². The molecule has 0 aliphatic carbocycles. The van der Waals surface area contributed by atoms with Crippen molar-refractivity contribution in [2.45, 2.75) is 24.2 Å². The molecule has 0 N–H and O–H groups in total. The van der Waals surface area contributed by atoms with E-state index in [1.807, 2.05) is 6.92 Å². The van der Waals surface area contributed by atoms with Crippen molar-refractivity contribution < 1.29 is 17.9 Å². The van der Waals surface area contributed by atoms with Gasteiger partial charge >= 0.3 is 5.97 Å². The zero-order valence-corrected chi connectivity index (χ0v) is 11.1.